The van der Waals surface area contributed by atoms with Crippen LogP contribution in [0.1, 0.15) is 61.0 Å². The molecule has 0 saturated carbocycles. The Kier molecular flexibility index (Phi) is 7.25. The van der Waals surface area contributed by atoms with Crippen molar-refractivity contribution < 1.29 is 23.9 Å². The van der Waals surface area contributed by atoms with Crippen LogP contribution < -0.4 is 4.90 Å². The number of anilines is 1. The number of pyridine rings is 2. The third kappa shape index (κ3) is 5.60. The molecule has 0 bridgehead atoms. The van der Waals surface area contributed by atoms with E-state index in [0.717, 1.165) is 22.5 Å². The fourth-order valence-electron chi connectivity index (χ4n) is 4.55. The smallest absolute Gasteiger partial charge is 0.410 e. The Hall–Kier alpha value is -3.88. The molecule has 0 radical (unpaired) electrons. The van der Waals surface area contributed by atoms with Gasteiger partial charge in [-0.25, -0.2) is 14.6 Å². The van der Waals surface area contributed by atoms with Crippen LogP contribution in [0.15, 0.2) is 36.7 Å². The standard InChI is InChI=1S/C28H34N4O5/c1-7-36-26(34)23-15-22-14-21(17-32(22)25(18(23)2)19(3)33)20-8-9-24(29-16-20)30-10-12-31(13-11-30)27(35)37-28(4,5)6/h8-9,14-17H,7,10-13H2,1-6H3. The van der Waals surface area contributed by atoms with Crippen molar-refractivity contribution in [3.63, 3.8) is 0 Å². The minimum Gasteiger partial charge on any atom is -0.462 e. The molecule has 3 aromatic rings. The highest BCUT2D eigenvalue weighted by Crippen LogP contribution is 2.28. The number of carbonyl (C=O) groups is 3. The molecule has 1 aliphatic heterocycles. The number of piperazine rings is 1. The molecule has 9 nitrogen and oxygen atoms in total. The van der Waals surface area contributed by atoms with Crippen molar-refractivity contribution in [2.75, 3.05) is 37.7 Å². The average Bonchev–Trinajstić information content (AvgIpc) is 3.26. The average molecular weight is 507 g/mol. The van der Waals surface area contributed by atoms with Gasteiger partial charge in [-0.05, 0) is 64.4 Å². The van der Waals surface area contributed by atoms with Gasteiger partial charge in [0.2, 0.25) is 0 Å². The van der Waals surface area contributed by atoms with Crippen molar-refractivity contribution in [2.45, 2.75) is 47.1 Å². The Balaban J connectivity index is 1.54. The number of rotatable bonds is 5. The largest absolute Gasteiger partial charge is 0.462 e. The van der Waals surface area contributed by atoms with Crippen LogP contribution in [-0.2, 0) is 9.47 Å². The summed E-state index contributed by atoms with van der Waals surface area (Å²) in [5.74, 6) is 0.265. The van der Waals surface area contributed by atoms with E-state index in [9.17, 15) is 14.4 Å². The molecule has 0 aliphatic carbocycles. The van der Waals surface area contributed by atoms with Crippen LogP contribution >= 0.6 is 0 Å². The lowest BCUT2D eigenvalue weighted by atomic mass is 10.0. The first-order valence-corrected chi connectivity index (χ1v) is 12.5. The van der Waals surface area contributed by atoms with E-state index in [1.165, 1.54) is 6.92 Å². The summed E-state index contributed by atoms with van der Waals surface area (Å²) in [6.45, 7) is 13.3. The fourth-order valence-corrected chi connectivity index (χ4v) is 4.55. The second kappa shape index (κ2) is 10.2. The van der Waals surface area contributed by atoms with E-state index in [1.807, 2.05) is 49.6 Å². The number of fused-ring (bicyclic) bond motifs is 1. The monoisotopic (exact) mass is 506 g/mol. The zero-order chi connectivity index (χ0) is 26.9. The van der Waals surface area contributed by atoms with Crippen molar-refractivity contribution in [3.8, 4) is 11.1 Å². The molecule has 196 valence electrons. The van der Waals surface area contributed by atoms with E-state index in [2.05, 4.69) is 9.88 Å². The predicted molar refractivity (Wildman–Crippen MR) is 141 cm³/mol. The molecule has 0 spiro atoms. The Morgan fingerprint density at radius 1 is 1.03 bits per heavy atom. The molecule has 3 aromatic heterocycles. The van der Waals surface area contributed by atoms with Crippen molar-refractivity contribution >= 4 is 29.2 Å². The first kappa shape index (κ1) is 26.2. The van der Waals surface area contributed by atoms with E-state index in [-0.39, 0.29) is 18.5 Å². The summed E-state index contributed by atoms with van der Waals surface area (Å²) in [6.07, 6.45) is 3.41. The van der Waals surface area contributed by atoms with Gasteiger partial charge < -0.3 is 23.7 Å². The zero-order valence-electron chi connectivity index (χ0n) is 22.3. The van der Waals surface area contributed by atoms with Gasteiger partial charge in [0.25, 0.3) is 0 Å². The van der Waals surface area contributed by atoms with E-state index in [0.29, 0.717) is 43.0 Å². The number of ether oxygens (including phenoxy) is 2. The summed E-state index contributed by atoms with van der Waals surface area (Å²) in [6, 6.07) is 7.64. The molecular formula is C28H34N4O5. The van der Waals surface area contributed by atoms with Gasteiger partial charge in [-0.3, -0.25) is 4.79 Å². The maximum absolute atomic E-state index is 12.5. The van der Waals surface area contributed by atoms with E-state index in [1.54, 1.807) is 31.0 Å². The maximum atomic E-state index is 12.5. The van der Waals surface area contributed by atoms with Gasteiger partial charge in [0.05, 0.1) is 17.9 Å². The summed E-state index contributed by atoms with van der Waals surface area (Å²) >= 11 is 0. The lowest BCUT2D eigenvalue weighted by molar-refractivity contribution is 0.0240. The highest BCUT2D eigenvalue weighted by Gasteiger charge is 2.26. The highest BCUT2D eigenvalue weighted by atomic mass is 16.6. The molecular weight excluding hydrogens is 472 g/mol. The van der Waals surface area contributed by atoms with Gasteiger partial charge in [0, 0.05) is 62.1 Å². The number of hydrogen-bond acceptors (Lipinski definition) is 7. The molecule has 9 heteroatoms. The molecule has 0 unspecified atom stereocenters. The van der Waals surface area contributed by atoms with Crippen molar-refractivity contribution in [1.82, 2.24) is 14.3 Å². The Labute approximate surface area is 217 Å². The van der Waals surface area contributed by atoms with Crippen LogP contribution in [0.25, 0.3) is 16.6 Å². The number of ketones is 1. The van der Waals surface area contributed by atoms with Crippen LogP contribution in [0.4, 0.5) is 10.6 Å². The van der Waals surface area contributed by atoms with Gasteiger partial charge in [-0.2, -0.15) is 0 Å². The summed E-state index contributed by atoms with van der Waals surface area (Å²) in [5, 5.41) is 0. The normalized spacial score (nSPS) is 14.1. The summed E-state index contributed by atoms with van der Waals surface area (Å²) in [4.78, 5) is 45.8. The molecule has 1 aliphatic rings. The van der Waals surface area contributed by atoms with E-state index >= 15 is 0 Å². The minimum atomic E-state index is -0.514. The zero-order valence-corrected chi connectivity index (χ0v) is 22.3. The summed E-state index contributed by atoms with van der Waals surface area (Å²) < 4.78 is 12.5. The fraction of sp³-hybridized carbons (Fsp3) is 0.429. The Bertz CT molecular complexity index is 1330. The molecule has 0 aromatic carbocycles. The van der Waals surface area contributed by atoms with Crippen molar-refractivity contribution in [3.05, 3.63) is 53.5 Å². The molecule has 37 heavy (non-hydrogen) atoms. The molecule has 1 fully saturated rings. The number of carbonyl (C=O) groups excluding carboxylic acids is 3. The third-order valence-electron chi connectivity index (χ3n) is 6.31. The second-order valence-electron chi connectivity index (χ2n) is 10.2. The van der Waals surface area contributed by atoms with E-state index in [4.69, 9.17) is 9.47 Å². The summed E-state index contributed by atoms with van der Waals surface area (Å²) in [7, 11) is 0. The van der Waals surface area contributed by atoms with Crippen LogP contribution in [-0.4, -0.2) is 70.5 Å². The molecule has 4 heterocycles. The van der Waals surface area contributed by atoms with Gasteiger partial charge >= 0.3 is 12.1 Å². The lowest BCUT2D eigenvalue weighted by Gasteiger charge is -2.36. The first-order valence-electron chi connectivity index (χ1n) is 12.5. The second-order valence-corrected chi connectivity index (χ2v) is 10.2. The predicted octanol–water partition coefficient (Wildman–Crippen LogP) is 4.75. The Morgan fingerprint density at radius 2 is 1.73 bits per heavy atom. The third-order valence-corrected chi connectivity index (χ3v) is 6.31. The first-order chi connectivity index (χ1) is 17.5. The number of amides is 1. The van der Waals surface area contributed by atoms with Crippen molar-refractivity contribution in [2.24, 2.45) is 0 Å². The molecule has 0 N–H and O–H groups in total. The van der Waals surface area contributed by atoms with Gasteiger partial charge in [-0.15, -0.1) is 0 Å². The topological polar surface area (TPSA) is 93.4 Å². The minimum absolute atomic E-state index is 0.130. The lowest BCUT2D eigenvalue weighted by Crippen LogP contribution is -2.50. The maximum Gasteiger partial charge on any atom is 0.410 e. The van der Waals surface area contributed by atoms with Crippen LogP contribution in [0.3, 0.4) is 0 Å². The van der Waals surface area contributed by atoms with Crippen LogP contribution in [0.2, 0.25) is 0 Å². The van der Waals surface area contributed by atoms with Gasteiger partial charge in [-0.1, -0.05) is 0 Å². The van der Waals surface area contributed by atoms with Crippen LogP contribution in [0.5, 0.6) is 0 Å². The Morgan fingerprint density at radius 3 is 2.30 bits per heavy atom. The number of esters is 1. The molecule has 1 amide bonds. The molecule has 1 saturated heterocycles. The number of Topliss-reactive ketones (excluding diaryl/α,β-unsaturated/α-hetero) is 1. The SMILES string of the molecule is CCOC(=O)c1cc2cc(-c3ccc(N4CCN(C(=O)OC(C)(C)C)CC4)nc3)cn2c(C(C)=O)c1C. The number of aromatic nitrogens is 2. The molecule has 0 atom stereocenters. The van der Waals surface area contributed by atoms with E-state index < -0.39 is 11.6 Å². The van der Waals surface area contributed by atoms with Crippen molar-refractivity contribution in [1.29, 1.82) is 0 Å². The number of nitrogens with zero attached hydrogens (tertiary/aromatic N) is 4. The molecule has 4 rings (SSSR count). The van der Waals surface area contributed by atoms with Gasteiger partial charge in [0.1, 0.15) is 11.4 Å². The number of hydrogen-bond donors (Lipinski definition) is 0. The highest BCUT2D eigenvalue weighted by molar-refractivity contribution is 6.01. The summed E-state index contributed by atoms with van der Waals surface area (Å²) in [5.41, 5.74) is 3.44. The van der Waals surface area contributed by atoms with Gasteiger partial charge in [0.15, 0.2) is 5.78 Å². The van der Waals surface area contributed by atoms with Crippen LogP contribution in [0, 0.1) is 6.92 Å². The quantitative estimate of drug-likeness (QED) is 0.364.